The number of aryl methyl sites for hydroxylation is 2. The third-order valence-electron chi connectivity index (χ3n) is 5.05. The molecular weight excluding hydrogens is 376 g/mol. The molecule has 0 aliphatic rings. The van der Waals surface area contributed by atoms with E-state index in [4.69, 9.17) is 0 Å². The van der Waals surface area contributed by atoms with Crippen LogP contribution in [0.1, 0.15) is 41.2 Å². The van der Waals surface area contributed by atoms with E-state index in [0.29, 0.717) is 11.3 Å². The summed E-state index contributed by atoms with van der Waals surface area (Å²) in [5.41, 5.74) is 3.43. The molecule has 6 heteroatoms. The van der Waals surface area contributed by atoms with Crippen molar-refractivity contribution >= 4 is 17.5 Å². The maximum absolute atomic E-state index is 12.8. The van der Waals surface area contributed by atoms with E-state index in [0.717, 1.165) is 23.5 Å². The third-order valence-corrected chi connectivity index (χ3v) is 5.05. The van der Waals surface area contributed by atoms with E-state index in [1.165, 1.54) is 0 Å². The number of benzene rings is 2. The number of anilines is 1. The van der Waals surface area contributed by atoms with Crippen LogP contribution >= 0.6 is 0 Å². The Bertz CT molecular complexity index is 1000. The predicted molar refractivity (Wildman–Crippen MR) is 118 cm³/mol. The SMILES string of the molecule is Cc1ccc(C(=O)NC(C(=O)Nc2ccc(Cn3ccnc3C)cc2)C(C)C)cc1. The second-order valence-electron chi connectivity index (χ2n) is 7.85. The van der Waals surface area contributed by atoms with Crippen LogP contribution in [0, 0.1) is 19.8 Å². The van der Waals surface area contributed by atoms with Crippen LogP contribution in [0.15, 0.2) is 60.9 Å². The van der Waals surface area contributed by atoms with Crippen LogP contribution in [-0.4, -0.2) is 27.4 Å². The zero-order valence-corrected chi connectivity index (χ0v) is 17.8. The Morgan fingerprint density at radius 2 is 1.67 bits per heavy atom. The molecule has 0 saturated carbocycles. The zero-order chi connectivity index (χ0) is 21.7. The number of hydrogen-bond acceptors (Lipinski definition) is 3. The van der Waals surface area contributed by atoms with Crippen molar-refractivity contribution in [3.05, 3.63) is 83.4 Å². The van der Waals surface area contributed by atoms with Crippen molar-refractivity contribution in [2.75, 3.05) is 5.32 Å². The Morgan fingerprint density at radius 3 is 2.23 bits per heavy atom. The van der Waals surface area contributed by atoms with Crippen LogP contribution in [0.25, 0.3) is 0 Å². The topological polar surface area (TPSA) is 76.0 Å². The fourth-order valence-corrected chi connectivity index (χ4v) is 3.15. The molecule has 2 amide bonds. The van der Waals surface area contributed by atoms with Gasteiger partial charge in [-0.3, -0.25) is 9.59 Å². The van der Waals surface area contributed by atoms with Crippen LogP contribution in [0.4, 0.5) is 5.69 Å². The van der Waals surface area contributed by atoms with Crippen molar-refractivity contribution in [3.63, 3.8) is 0 Å². The molecule has 0 radical (unpaired) electrons. The normalized spacial score (nSPS) is 11.9. The number of rotatable bonds is 7. The Labute approximate surface area is 177 Å². The number of hydrogen-bond donors (Lipinski definition) is 2. The Morgan fingerprint density at radius 1 is 1.00 bits per heavy atom. The van der Waals surface area contributed by atoms with Crippen molar-refractivity contribution in [2.24, 2.45) is 5.92 Å². The van der Waals surface area contributed by atoms with Gasteiger partial charge < -0.3 is 15.2 Å². The van der Waals surface area contributed by atoms with E-state index in [2.05, 4.69) is 20.2 Å². The summed E-state index contributed by atoms with van der Waals surface area (Å²) in [6, 6.07) is 14.4. The smallest absolute Gasteiger partial charge is 0.251 e. The summed E-state index contributed by atoms with van der Waals surface area (Å²) in [5.74, 6) is 0.415. The lowest BCUT2D eigenvalue weighted by Gasteiger charge is -2.22. The second-order valence-corrected chi connectivity index (χ2v) is 7.85. The summed E-state index contributed by atoms with van der Waals surface area (Å²) < 4.78 is 2.06. The summed E-state index contributed by atoms with van der Waals surface area (Å²) in [5, 5.41) is 5.77. The first-order chi connectivity index (χ1) is 14.3. The molecular formula is C24H28N4O2. The molecule has 156 valence electrons. The Hall–Kier alpha value is -3.41. The summed E-state index contributed by atoms with van der Waals surface area (Å²) in [7, 11) is 0. The van der Waals surface area contributed by atoms with Crippen molar-refractivity contribution in [1.29, 1.82) is 0 Å². The molecule has 0 fully saturated rings. The van der Waals surface area contributed by atoms with E-state index in [1.54, 1.807) is 18.3 Å². The molecule has 2 N–H and O–H groups in total. The van der Waals surface area contributed by atoms with Gasteiger partial charge in [-0.05, 0) is 49.6 Å². The lowest BCUT2D eigenvalue weighted by atomic mass is 10.0. The van der Waals surface area contributed by atoms with E-state index < -0.39 is 6.04 Å². The van der Waals surface area contributed by atoms with Gasteiger partial charge in [-0.1, -0.05) is 43.7 Å². The van der Waals surface area contributed by atoms with Gasteiger partial charge in [0.25, 0.3) is 5.91 Å². The maximum Gasteiger partial charge on any atom is 0.251 e. The van der Waals surface area contributed by atoms with Crippen molar-refractivity contribution in [3.8, 4) is 0 Å². The van der Waals surface area contributed by atoms with Crippen LogP contribution in [-0.2, 0) is 11.3 Å². The summed E-state index contributed by atoms with van der Waals surface area (Å²) in [4.78, 5) is 29.6. The van der Waals surface area contributed by atoms with E-state index in [9.17, 15) is 9.59 Å². The summed E-state index contributed by atoms with van der Waals surface area (Å²) >= 11 is 0. The summed E-state index contributed by atoms with van der Waals surface area (Å²) in [6.45, 7) is 8.48. The van der Waals surface area contributed by atoms with E-state index >= 15 is 0 Å². The van der Waals surface area contributed by atoms with Gasteiger partial charge in [-0.2, -0.15) is 0 Å². The maximum atomic E-state index is 12.8. The van der Waals surface area contributed by atoms with Crippen molar-refractivity contribution in [2.45, 2.75) is 40.3 Å². The van der Waals surface area contributed by atoms with Crippen LogP contribution in [0.5, 0.6) is 0 Å². The van der Waals surface area contributed by atoms with E-state index in [-0.39, 0.29) is 17.7 Å². The third kappa shape index (κ3) is 5.35. The number of carbonyl (C=O) groups excluding carboxylic acids is 2. The van der Waals surface area contributed by atoms with Crippen LogP contribution in [0.3, 0.4) is 0 Å². The number of nitrogens with one attached hydrogen (secondary N) is 2. The molecule has 0 aliphatic heterocycles. The largest absolute Gasteiger partial charge is 0.340 e. The molecule has 3 rings (SSSR count). The van der Waals surface area contributed by atoms with Gasteiger partial charge in [-0.25, -0.2) is 4.98 Å². The van der Waals surface area contributed by atoms with Crippen molar-refractivity contribution in [1.82, 2.24) is 14.9 Å². The standard InChI is InChI=1S/C24H28N4O2/c1-16(2)22(27-23(29)20-9-5-17(3)6-10-20)24(30)26-21-11-7-19(8-12-21)15-28-14-13-25-18(28)4/h5-14,16,22H,15H2,1-4H3,(H,26,30)(H,27,29). The highest BCUT2D eigenvalue weighted by atomic mass is 16.2. The van der Waals surface area contributed by atoms with Gasteiger partial charge in [0.05, 0.1) is 0 Å². The van der Waals surface area contributed by atoms with Gasteiger partial charge in [0.15, 0.2) is 0 Å². The number of carbonyl (C=O) groups is 2. The Kier molecular flexibility index (Phi) is 6.67. The summed E-state index contributed by atoms with van der Waals surface area (Å²) in [6.07, 6.45) is 3.72. The van der Waals surface area contributed by atoms with Crippen LogP contribution < -0.4 is 10.6 Å². The van der Waals surface area contributed by atoms with Gasteiger partial charge in [0.1, 0.15) is 11.9 Å². The van der Waals surface area contributed by atoms with Crippen LogP contribution in [0.2, 0.25) is 0 Å². The van der Waals surface area contributed by atoms with Gasteiger partial charge in [0.2, 0.25) is 5.91 Å². The average molecular weight is 405 g/mol. The molecule has 1 atom stereocenters. The highest BCUT2D eigenvalue weighted by molar-refractivity contribution is 6.01. The predicted octanol–water partition coefficient (Wildman–Crippen LogP) is 3.94. The minimum atomic E-state index is -0.632. The molecule has 0 bridgehead atoms. The van der Waals surface area contributed by atoms with E-state index in [1.807, 2.05) is 70.3 Å². The molecule has 0 aliphatic carbocycles. The fraction of sp³-hybridized carbons (Fsp3) is 0.292. The number of imidazole rings is 1. The van der Waals surface area contributed by atoms with Crippen molar-refractivity contribution < 1.29 is 9.59 Å². The molecule has 0 saturated heterocycles. The number of aromatic nitrogens is 2. The number of nitrogens with zero attached hydrogens (tertiary/aromatic N) is 2. The molecule has 3 aromatic rings. The fourth-order valence-electron chi connectivity index (χ4n) is 3.15. The molecule has 2 aromatic carbocycles. The highest BCUT2D eigenvalue weighted by Gasteiger charge is 2.24. The first kappa shape index (κ1) is 21.3. The molecule has 1 aromatic heterocycles. The minimum Gasteiger partial charge on any atom is -0.340 e. The lowest BCUT2D eigenvalue weighted by Crippen LogP contribution is -2.47. The quantitative estimate of drug-likeness (QED) is 0.626. The molecule has 6 nitrogen and oxygen atoms in total. The zero-order valence-electron chi connectivity index (χ0n) is 17.8. The monoisotopic (exact) mass is 404 g/mol. The first-order valence-corrected chi connectivity index (χ1v) is 10.1. The second kappa shape index (κ2) is 9.39. The average Bonchev–Trinajstić information content (AvgIpc) is 3.12. The molecule has 1 heterocycles. The Balaban J connectivity index is 1.63. The first-order valence-electron chi connectivity index (χ1n) is 10.1. The highest BCUT2D eigenvalue weighted by Crippen LogP contribution is 2.14. The molecule has 1 unspecified atom stereocenters. The minimum absolute atomic E-state index is 0.0529. The van der Waals surface area contributed by atoms with Gasteiger partial charge in [-0.15, -0.1) is 0 Å². The number of amides is 2. The van der Waals surface area contributed by atoms with Gasteiger partial charge in [0, 0.05) is 30.2 Å². The molecule has 0 spiro atoms. The lowest BCUT2D eigenvalue weighted by molar-refractivity contribution is -0.118. The van der Waals surface area contributed by atoms with Gasteiger partial charge >= 0.3 is 0 Å². The molecule has 30 heavy (non-hydrogen) atoms.